The fourth-order valence-corrected chi connectivity index (χ4v) is 3.60. The highest BCUT2D eigenvalue weighted by atomic mass is 16.1. The highest BCUT2D eigenvalue weighted by Gasteiger charge is 2.21. The zero-order chi connectivity index (χ0) is 16.9. The van der Waals surface area contributed by atoms with E-state index in [9.17, 15) is 4.79 Å². The van der Waals surface area contributed by atoms with Crippen LogP contribution in [0.25, 0.3) is 5.65 Å². The summed E-state index contributed by atoms with van der Waals surface area (Å²) >= 11 is 0. The van der Waals surface area contributed by atoms with Gasteiger partial charge in [0.25, 0.3) is 0 Å². The Morgan fingerprint density at radius 3 is 3.12 bits per heavy atom. The topological polar surface area (TPSA) is 49.6 Å². The van der Waals surface area contributed by atoms with Gasteiger partial charge in [0.05, 0.1) is 12.1 Å². The maximum atomic E-state index is 12.3. The molecule has 1 atom stereocenters. The number of nitrogens with one attached hydrogen (secondary N) is 1. The largest absolute Gasteiger partial charge is 0.355 e. The second-order valence-corrected chi connectivity index (χ2v) is 7.32. The summed E-state index contributed by atoms with van der Waals surface area (Å²) in [4.78, 5) is 19.2. The van der Waals surface area contributed by atoms with Crippen molar-refractivity contribution in [2.45, 2.75) is 33.1 Å². The second-order valence-electron chi connectivity index (χ2n) is 7.32. The molecule has 1 aliphatic heterocycles. The lowest BCUT2D eigenvalue weighted by atomic mass is 9.97. The molecule has 1 N–H and O–H groups in total. The molecule has 1 aliphatic rings. The van der Waals surface area contributed by atoms with Crippen molar-refractivity contribution in [1.29, 1.82) is 0 Å². The van der Waals surface area contributed by atoms with Crippen LogP contribution >= 0.6 is 0 Å². The average molecular weight is 328 g/mol. The van der Waals surface area contributed by atoms with Gasteiger partial charge in [0.15, 0.2) is 0 Å². The maximum Gasteiger partial charge on any atom is 0.226 e. The SMILES string of the molecule is CC(C)CN1CCC[C@@H](CNC(=O)Cc2cnc3ccccn23)C1. The number of carbonyl (C=O) groups excluding carboxylic acids is 1. The standard InChI is InChI=1S/C19H28N4O/c1-15(2)13-22-8-5-6-16(14-22)11-21-19(24)10-17-12-20-18-7-3-4-9-23(17)18/h3-4,7,9,12,15-16H,5-6,8,10-11,13-14H2,1-2H3,(H,21,24)/t16-/m0/s1. The number of aromatic nitrogens is 2. The second kappa shape index (κ2) is 7.79. The van der Waals surface area contributed by atoms with Crippen molar-refractivity contribution in [3.05, 3.63) is 36.3 Å². The molecule has 0 bridgehead atoms. The quantitative estimate of drug-likeness (QED) is 0.885. The molecule has 0 radical (unpaired) electrons. The third kappa shape index (κ3) is 4.35. The third-order valence-corrected chi connectivity index (χ3v) is 4.65. The van der Waals surface area contributed by atoms with Crippen LogP contribution < -0.4 is 5.32 Å². The number of pyridine rings is 1. The summed E-state index contributed by atoms with van der Waals surface area (Å²) in [6.45, 7) is 8.78. The molecule has 0 aliphatic carbocycles. The number of imidazole rings is 1. The summed E-state index contributed by atoms with van der Waals surface area (Å²) < 4.78 is 1.98. The minimum atomic E-state index is 0.0848. The molecule has 1 amide bonds. The van der Waals surface area contributed by atoms with E-state index in [1.165, 1.54) is 19.4 Å². The summed E-state index contributed by atoms with van der Waals surface area (Å²) in [7, 11) is 0. The van der Waals surface area contributed by atoms with Crippen molar-refractivity contribution in [2.24, 2.45) is 11.8 Å². The van der Waals surface area contributed by atoms with E-state index in [0.717, 1.165) is 31.0 Å². The lowest BCUT2D eigenvalue weighted by molar-refractivity contribution is -0.120. The molecule has 1 saturated heterocycles. The van der Waals surface area contributed by atoms with Gasteiger partial charge in [-0.05, 0) is 43.4 Å². The first kappa shape index (κ1) is 17.0. The lowest BCUT2D eigenvalue weighted by Crippen LogP contribution is -2.42. The zero-order valence-corrected chi connectivity index (χ0v) is 14.7. The Balaban J connectivity index is 1.49. The highest BCUT2D eigenvalue weighted by molar-refractivity contribution is 5.78. The molecule has 1 fully saturated rings. The van der Waals surface area contributed by atoms with E-state index in [1.54, 1.807) is 6.20 Å². The van der Waals surface area contributed by atoms with Gasteiger partial charge in [-0.15, -0.1) is 0 Å². The van der Waals surface area contributed by atoms with E-state index in [1.807, 2.05) is 28.8 Å². The van der Waals surface area contributed by atoms with Gasteiger partial charge >= 0.3 is 0 Å². The summed E-state index contributed by atoms with van der Waals surface area (Å²) in [5.74, 6) is 1.36. The van der Waals surface area contributed by atoms with Crippen molar-refractivity contribution in [3.8, 4) is 0 Å². The molecule has 2 aromatic heterocycles. The van der Waals surface area contributed by atoms with Crippen molar-refractivity contribution in [1.82, 2.24) is 19.6 Å². The number of piperidine rings is 1. The van der Waals surface area contributed by atoms with Crippen LogP contribution in [0.3, 0.4) is 0 Å². The van der Waals surface area contributed by atoms with Crippen molar-refractivity contribution < 1.29 is 4.79 Å². The van der Waals surface area contributed by atoms with Gasteiger partial charge in [-0.2, -0.15) is 0 Å². The maximum absolute atomic E-state index is 12.3. The van der Waals surface area contributed by atoms with Crippen LogP contribution in [-0.4, -0.2) is 46.4 Å². The molecule has 0 unspecified atom stereocenters. The van der Waals surface area contributed by atoms with Gasteiger partial charge in [0.2, 0.25) is 5.91 Å². The predicted molar refractivity (Wildman–Crippen MR) is 95.9 cm³/mol. The highest BCUT2D eigenvalue weighted by Crippen LogP contribution is 2.17. The molecule has 3 rings (SSSR count). The van der Waals surface area contributed by atoms with Crippen LogP contribution in [0.1, 0.15) is 32.4 Å². The summed E-state index contributed by atoms with van der Waals surface area (Å²) in [6.07, 6.45) is 6.58. The number of fused-ring (bicyclic) bond motifs is 1. The summed E-state index contributed by atoms with van der Waals surface area (Å²) in [5.41, 5.74) is 1.82. The number of hydrogen-bond acceptors (Lipinski definition) is 3. The van der Waals surface area contributed by atoms with E-state index in [0.29, 0.717) is 18.3 Å². The number of carbonyl (C=O) groups is 1. The third-order valence-electron chi connectivity index (χ3n) is 4.65. The Morgan fingerprint density at radius 2 is 2.29 bits per heavy atom. The Bertz CT molecular complexity index is 679. The van der Waals surface area contributed by atoms with E-state index >= 15 is 0 Å². The first-order chi connectivity index (χ1) is 11.6. The lowest BCUT2D eigenvalue weighted by Gasteiger charge is -2.33. The Hall–Kier alpha value is -1.88. The summed E-state index contributed by atoms with van der Waals surface area (Å²) in [5, 5.41) is 3.12. The molecule has 0 aromatic carbocycles. The molecule has 24 heavy (non-hydrogen) atoms. The van der Waals surface area contributed by atoms with E-state index in [-0.39, 0.29) is 5.91 Å². The number of hydrogen-bond donors (Lipinski definition) is 1. The number of amides is 1. The van der Waals surface area contributed by atoms with Crippen molar-refractivity contribution in [3.63, 3.8) is 0 Å². The fraction of sp³-hybridized carbons (Fsp3) is 0.579. The molecule has 3 heterocycles. The molecule has 5 heteroatoms. The molecular weight excluding hydrogens is 300 g/mol. The number of nitrogens with zero attached hydrogens (tertiary/aromatic N) is 3. The molecule has 0 spiro atoms. The van der Waals surface area contributed by atoms with Gasteiger partial charge in [-0.3, -0.25) is 4.79 Å². The Morgan fingerprint density at radius 1 is 1.42 bits per heavy atom. The van der Waals surface area contributed by atoms with Gasteiger partial charge in [0, 0.05) is 32.0 Å². The molecular formula is C19H28N4O. The van der Waals surface area contributed by atoms with Crippen LogP contribution in [0.4, 0.5) is 0 Å². The monoisotopic (exact) mass is 328 g/mol. The Kier molecular flexibility index (Phi) is 5.51. The molecule has 0 saturated carbocycles. The summed E-state index contributed by atoms with van der Waals surface area (Å²) in [6, 6.07) is 5.87. The normalized spacial score (nSPS) is 19.0. The first-order valence-electron chi connectivity index (χ1n) is 9.02. The van der Waals surface area contributed by atoms with E-state index < -0.39 is 0 Å². The van der Waals surface area contributed by atoms with Gasteiger partial charge < -0.3 is 14.6 Å². The Labute approximate surface area is 144 Å². The fourth-order valence-electron chi connectivity index (χ4n) is 3.60. The van der Waals surface area contributed by atoms with Gasteiger partial charge in [0.1, 0.15) is 5.65 Å². The number of rotatable bonds is 6. The smallest absolute Gasteiger partial charge is 0.226 e. The van der Waals surface area contributed by atoms with Crippen LogP contribution in [0.2, 0.25) is 0 Å². The molecule has 130 valence electrons. The van der Waals surface area contributed by atoms with Crippen molar-refractivity contribution in [2.75, 3.05) is 26.2 Å². The number of likely N-dealkylation sites (tertiary alicyclic amines) is 1. The average Bonchev–Trinajstić information content (AvgIpc) is 2.96. The van der Waals surface area contributed by atoms with E-state index in [2.05, 4.69) is 29.0 Å². The van der Waals surface area contributed by atoms with Gasteiger partial charge in [-0.1, -0.05) is 19.9 Å². The zero-order valence-electron chi connectivity index (χ0n) is 14.7. The molecule has 5 nitrogen and oxygen atoms in total. The van der Waals surface area contributed by atoms with Crippen LogP contribution in [0, 0.1) is 11.8 Å². The minimum Gasteiger partial charge on any atom is -0.355 e. The molecule has 2 aromatic rings. The first-order valence-corrected chi connectivity index (χ1v) is 9.02. The minimum absolute atomic E-state index is 0.0848. The predicted octanol–water partition coefficient (Wildman–Crippen LogP) is 2.36. The van der Waals surface area contributed by atoms with Crippen molar-refractivity contribution >= 4 is 11.6 Å². The van der Waals surface area contributed by atoms with Crippen LogP contribution in [-0.2, 0) is 11.2 Å². The van der Waals surface area contributed by atoms with E-state index in [4.69, 9.17) is 0 Å². The van der Waals surface area contributed by atoms with Crippen LogP contribution in [0.5, 0.6) is 0 Å². The van der Waals surface area contributed by atoms with Gasteiger partial charge in [-0.25, -0.2) is 4.98 Å². The van der Waals surface area contributed by atoms with Crippen LogP contribution in [0.15, 0.2) is 30.6 Å².